The molecule has 0 saturated carbocycles. The van der Waals surface area contributed by atoms with Gasteiger partial charge in [0, 0.05) is 0 Å². The van der Waals surface area contributed by atoms with Crippen LogP contribution in [0.4, 0.5) is 8.78 Å². The predicted molar refractivity (Wildman–Crippen MR) is 19.2 cm³/mol. The molecular formula is C2HBrF2. The highest BCUT2D eigenvalue weighted by atomic mass is 79.9. The zero-order valence-corrected chi connectivity index (χ0v) is 3.80. The van der Waals surface area contributed by atoms with E-state index in [1.54, 1.807) is 0 Å². The molecule has 5 heavy (non-hydrogen) atoms. The second-order valence-corrected chi connectivity index (χ2v) is 1.16. The molecule has 0 spiro atoms. The molecular weight excluding hydrogens is 142 g/mol. The van der Waals surface area contributed by atoms with Crippen LogP contribution in [0.15, 0.2) is 11.1 Å². The van der Waals surface area contributed by atoms with E-state index in [0.29, 0.717) is 0 Å². The molecule has 0 N–H and O–H groups in total. The van der Waals surface area contributed by atoms with Gasteiger partial charge in [0.25, 0.3) is 0 Å². The van der Waals surface area contributed by atoms with Crippen LogP contribution in [0.2, 0.25) is 0 Å². The Labute approximate surface area is 36.6 Å². The molecule has 0 aliphatic heterocycles. The zero-order chi connectivity index (χ0) is 4.28. The molecule has 0 nitrogen and oxygen atoms in total. The lowest BCUT2D eigenvalue weighted by Crippen LogP contribution is -1.37. The number of rotatable bonds is 0. The molecule has 0 unspecified atom stereocenters. The zero-order valence-electron chi connectivity index (χ0n) is 2.21. The first-order valence-corrected chi connectivity index (χ1v) is 1.68. The van der Waals surface area contributed by atoms with Gasteiger partial charge in [-0.2, -0.15) is 4.39 Å². The average molecular weight is 143 g/mol. The molecule has 0 aliphatic rings. The predicted octanol–water partition coefficient (Wildman–Crippen LogP) is 2.12. The van der Waals surface area contributed by atoms with Crippen LogP contribution in [0.1, 0.15) is 0 Å². The summed E-state index contributed by atoms with van der Waals surface area (Å²) in [6, 6.07) is 0. The Bertz CT molecular complexity index is 45.6. The second kappa shape index (κ2) is 2.33. The average Bonchev–Trinajstić information content (AvgIpc) is 1.38. The minimum atomic E-state index is -0.975. The summed E-state index contributed by atoms with van der Waals surface area (Å²) in [5.74, 6) is 0. The van der Waals surface area contributed by atoms with Crippen molar-refractivity contribution >= 4 is 15.9 Å². The van der Waals surface area contributed by atoms with E-state index in [4.69, 9.17) is 0 Å². The summed E-state index contributed by atoms with van der Waals surface area (Å²) in [6.07, 6.45) is -0.167. The van der Waals surface area contributed by atoms with E-state index in [1.807, 2.05) is 0 Å². The highest BCUT2D eigenvalue weighted by Crippen LogP contribution is 2.03. The van der Waals surface area contributed by atoms with Gasteiger partial charge in [0.1, 0.15) is 6.33 Å². The molecule has 0 aromatic heterocycles. The van der Waals surface area contributed by atoms with Gasteiger partial charge in [-0.25, -0.2) is 4.39 Å². The largest absolute Gasteiger partial charge is 0.212 e. The fourth-order valence-electron chi connectivity index (χ4n) is 0. The van der Waals surface area contributed by atoms with E-state index >= 15 is 0 Å². The van der Waals surface area contributed by atoms with Crippen molar-refractivity contribution in [2.45, 2.75) is 0 Å². The molecule has 30 valence electrons. The highest BCUT2D eigenvalue weighted by Gasteiger charge is 1.74. The first kappa shape index (κ1) is 5.08. The van der Waals surface area contributed by atoms with E-state index in [2.05, 4.69) is 15.9 Å². The van der Waals surface area contributed by atoms with Crippen molar-refractivity contribution in [1.29, 1.82) is 0 Å². The molecule has 0 aromatic rings. The molecule has 0 aromatic carbocycles. The van der Waals surface area contributed by atoms with E-state index in [0.717, 1.165) is 0 Å². The number of halogens is 3. The van der Waals surface area contributed by atoms with Crippen molar-refractivity contribution in [2.24, 2.45) is 0 Å². The number of hydrogen-bond donors (Lipinski definition) is 0. The topological polar surface area (TPSA) is 0 Å². The Morgan fingerprint density at radius 1 is 1.80 bits per heavy atom. The van der Waals surface area contributed by atoms with Crippen molar-refractivity contribution < 1.29 is 8.78 Å². The lowest BCUT2D eigenvalue weighted by atomic mass is 11.2. The molecule has 0 atom stereocenters. The first-order chi connectivity index (χ1) is 2.27. The number of hydrogen-bond acceptors (Lipinski definition) is 0. The van der Waals surface area contributed by atoms with Crippen LogP contribution in [0, 0.1) is 0 Å². The van der Waals surface area contributed by atoms with Crippen LogP contribution in [-0.2, 0) is 0 Å². The molecule has 0 amide bonds. The van der Waals surface area contributed by atoms with Crippen molar-refractivity contribution in [3.63, 3.8) is 0 Å². The monoisotopic (exact) mass is 142 g/mol. The summed E-state index contributed by atoms with van der Waals surface area (Å²) < 4.78 is 20.4. The minimum absolute atomic E-state index is 0.167. The third kappa shape index (κ3) is 4.08. The third-order valence-electron chi connectivity index (χ3n) is 0.0825. The molecule has 0 rings (SSSR count). The van der Waals surface area contributed by atoms with Gasteiger partial charge >= 0.3 is 0 Å². The molecule has 0 aliphatic carbocycles. The van der Waals surface area contributed by atoms with Crippen molar-refractivity contribution in [3.8, 4) is 0 Å². The van der Waals surface area contributed by atoms with Crippen LogP contribution in [0.3, 0.4) is 0 Å². The molecule has 0 bridgehead atoms. The van der Waals surface area contributed by atoms with Crippen LogP contribution in [0.5, 0.6) is 0 Å². The molecule has 0 saturated heterocycles. The van der Waals surface area contributed by atoms with Gasteiger partial charge < -0.3 is 0 Å². The maximum atomic E-state index is 10.8. The lowest BCUT2D eigenvalue weighted by Gasteiger charge is -1.62. The molecule has 0 fully saturated rings. The Morgan fingerprint density at radius 3 is 2.00 bits per heavy atom. The van der Waals surface area contributed by atoms with Crippen LogP contribution in [-0.4, -0.2) is 0 Å². The Morgan fingerprint density at radius 2 is 2.00 bits per heavy atom. The van der Waals surface area contributed by atoms with Crippen LogP contribution < -0.4 is 0 Å². The van der Waals surface area contributed by atoms with Crippen molar-refractivity contribution in [3.05, 3.63) is 11.1 Å². The van der Waals surface area contributed by atoms with Gasteiger partial charge in [-0.1, -0.05) is 0 Å². The second-order valence-electron chi connectivity index (χ2n) is 0.399. The van der Waals surface area contributed by atoms with E-state index in [1.165, 1.54) is 0 Å². The standard InChI is InChI=1S/C2HBrF2/c3-2(5)1-4/h1H/b2-1+. The third-order valence-corrected chi connectivity index (χ3v) is 0.256. The van der Waals surface area contributed by atoms with Crippen molar-refractivity contribution in [1.82, 2.24) is 0 Å². The molecule has 0 heterocycles. The van der Waals surface area contributed by atoms with Gasteiger partial charge in [-0.05, 0) is 15.9 Å². The van der Waals surface area contributed by atoms with Gasteiger partial charge in [-0.15, -0.1) is 0 Å². The SMILES string of the molecule is F/C=C(/F)Br. The normalized spacial score (nSPS) is 12.2. The van der Waals surface area contributed by atoms with Gasteiger partial charge in [0.15, 0.2) is 4.74 Å². The smallest absolute Gasteiger partial charge is 0.193 e. The molecule has 3 heteroatoms. The quantitative estimate of drug-likeness (QED) is 0.487. The van der Waals surface area contributed by atoms with Gasteiger partial charge in [-0.3, -0.25) is 0 Å². The highest BCUT2D eigenvalue weighted by molar-refractivity contribution is 9.11. The van der Waals surface area contributed by atoms with E-state index in [-0.39, 0.29) is 6.33 Å². The summed E-state index contributed by atoms with van der Waals surface area (Å²) >= 11 is 2.19. The fourth-order valence-corrected chi connectivity index (χ4v) is 0. The Kier molecular flexibility index (Phi) is 2.36. The van der Waals surface area contributed by atoms with E-state index < -0.39 is 4.74 Å². The Balaban J connectivity index is 3.14. The fraction of sp³-hybridized carbons (Fsp3) is 0. The van der Waals surface area contributed by atoms with Crippen LogP contribution in [0.25, 0.3) is 0 Å². The molecule has 0 radical (unpaired) electrons. The van der Waals surface area contributed by atoms with Gasteiger partial charge in [0.05, 0.1) is 0 Å². The van der Waals surface area contributed by atoms with Crippen LogP contribution >= 0.6 is 15.9 Å². The minimum Gasteiger partial charge on any atom is -0.212 e. The Hall–Kier alpha value is 0.0800. The maximum absolute atomic E-state index is 10.8. The summed E-state index contributed by atoms with van der Waals surface area (Å²) in [4.78, 5) is 0. The maximum Gasteiger partial charge on any atom is 0.193 e. The first-order valence-electron chi connectivity index (χ1n) is 0.885. The van der Waals surface area contributed by atoms with Crippen molar-refractivity contribution in [2.75, 3.05) is 0 Å². The van der Waals surface area contributed by atoms with E-state index in [9.17, 15) is 8.78 Å². The summed E-state index contributed by atoms with van der Waals surface area (Å²) in [5.41, 5.74) is 0. The summed E-state index contributed by atoms with van der Waals surface area (Å²) in [7, 11) is 0. The summed E-state index contributed by atoms with van der Waals surface area (Å²) in [6.45, 7) is 0. The summed E-state index contributed by atoms with van der Waals surface area (Å²) in [5, 5.41) is 0. The lowest BCUT2D eigenvalue weighted by molar-refractivity contribution is 0.634. The van der Waals surface area contributed by atoms with Gasteiger partial charge in [0.2, 0.25) is 0 Å².